The highest BCUT2D eigenvalue weighted by Gasteiger charge is 2.29. The third-order valence-corrected chi connectivity index (χ3v) is 5.84. The van der Waals surface area contributed by atoms with Crippen molar-refractivity contribution >= 4 is 23.8 Å². The van der Waals surface area contributed by atoms with Gasteiger partial charge in [0.2, 0.25) is 0 Å². The quantitative estimate of drug-likeness (QED) is 0.730. The first-order valence-corrected chi connectivity index (χ1v) is 10.7. The number of hydrogen-bond acceptors (Lipinski definition) is 4. The standard InChI is InChI=1S/C21H31NO4S/c1-21(2,3)26-20(25)22-11-9-16(10-12-22)13-18(19(23)24)15-27-14-17-7-5-4-6-8-17/h4-8,16,18H,9-15H2,1-3H3,(H,23,24). The Hall–Kier alpha value is -1.69. The summed E-state index contributed by atoms with van der Waals surface area (Å²) in [6, 6.07) is 10.1. The van der Waals surface area contributed by atoms with E-state index < -0.39 is 11.6 Å². The Kier molecular flexibility index (Phi) is 8.02. The van der Waals surface area contributed by atoms with E-state index in [1.807, 2.05) is 39.0 Å². The van der Waals surface area contributed by atoms with Crippen LogP contribution in [-0.4, -0.2) is 46.5 Å². The van der Waals surface area contributed by atoms with Crippen LogP contribution in [0.25, 0.3) is 0 Å². The Morgan fingerprint density at radius 2 is 1.85 bits per heavy atom. The molecule has 27 heavy (non-hydrogen) atoms. The first kappa shape index (κ1) is 21.6. The van der Waals surface area contributed by atoms with Gasteiger partial charge in [-0.25, -0.2) is 4.79 Å². The molecular formula is C21H31NO4S. The molecule has 1 amide bonds. The molecule has 5 nitrogen and oxygen atoms in total. The number of carbonyl (C=O) groups excluding carboxylic acids is 1. The van der Waals surface area contributed by atoms with Crippen molar-refractivity contribution in [2.75, 3.05) is 18.8 Å². The van der Waals surface area contributed by atoms with Crippen molar-refractivity contribution in [1.82, 2.24) is 4.90 Å². The molecule has 1 aromatic carbocycles. The van der Waals surface area contributed by atoms with Gasteiger partial charge >= 0.3 is 12.1 Å². The van der Waals surface area contributed by atoms with E-state index in [9.17, 15) is 14.7 Å². The van der Waals surface area contributed by atoms with Crippen LogP contribution in [0.15, 0.2) is 30.3 Å². The van der Waals surface area contributed by atoms with Crippen LogP contribution in [0.5, 0.6) is 0 Å². The minimum absolute atomic E-state index is 0.269. The number of hydrogen-bond donors (Lipinski definition) is 1. The van der Waals surface area contributed by atoms with Gasteiger partial charge in [-0.15, -0.1) is 0 Å². The first-order chi connectivity index (χ1) is 12.7. The van der Waals surface area contributed by atoms with E-state index in [2.05, 4.69) is 12.1 Å². The molecule has 1 heterocycles. The van der Waals surface area contributed by atoms with Gasteiger partial charge in [0.05, 0.1) is 5.92 Å². The summed E-state index contributed by atoms with van der Waals surface area (Å²) in [6.07, 6.45) is 2.09. The summed E-state index contributed by atoms with van der Waals surface area (Å²) in [7, 11) is 0. The van der Waals surface area contributed by atoms with Crippen LogP contribution in [0.3, 0.4) is 0 Å². The van der Waals surface area contributed by atoms with E-state index in [0.717, 1.165) is 18.6 Å². The zero-order valence-corrected chi connectivity index (χ0v) is 17.3. The van der Waals surface area contributed by atoms with Crippen LogP contribution >= 0.6 is 11.8 Å². The monoisotopic (exact) mass is 393 g/mol. The fourth-order valence-corrected chi connectivity index (χ4v) is 4.32. The molecule has 1 aliphatic rings. The largest absolute Gasteiger partial charge is 0.481 e. The number of likely N-dealkylation sites (tertiary alicyclic amines) is 1. The summed E-state index contributed by atoms with van der Waals surface area (Å²) >= 11 is 1.68. The van der Waals surface area contributed by atoms with Gasteiger partial charge in [0.25, 0.3) is 0 Å². The van der Waals surface area contributed by atoms with Gasteiger partial charge in [-0.3, -0.25) is 4.79 Å². The van der Waals surface area contributed by atoms with Gasteiger partial charge in [0, 0.05) is 24.6 Å². The van der Waals surface area contributed by atoms with Gasteiger partial charge in [-0.05, 0) is 51.5 Å². The average Bonchev–Trinajstić information content (AvgIpc) is 2.60. The number of amides is 1. The van der Waals surface area contributed by atoms with Crippen LogP contribution in [0.2, 0.25) is 0 Å². The highest BCUT2D eigenvalue weighted by Crippen LogP contribution is 2.28. The minimum atomic E-state index is -0.717. The Bertz CT molecular complexity index is 606. The summed E-state index contributed by atoms with van der Waals surface area (Å²) in [4.78, 5) is 25.5. The Balaban J connectivity index is 1.75. The summed E-state index contributed by atoms with van der Waals surface area (Å²) in [5.41, 5.74) is 0.732. The van der Waals surface area contributed by atoms with Crippen molar-refractivity contribution in [3.63, 3.8) is 0 Å². The van der Waals surface area contributed by atoms with E-state index in [-0.39, 0.29) is 12.0 Å². The number of benzene rings is 1. The Labute approximate surface area is 166 Å². The lowest BCUT2D eigenvalue weighted by molar-refractivity contribution is -0.141. The molecule has 0 bridgehead atoms. The van der Waals surface area contributed by atoms with Crippen molar-refractivity contribution in [2.24, 2.45) is 11.8 Å². The molecule has 0 saturated carbocycles. The number of rotatable bonds is 7. The predicted octanol–water partition coefficient (Wildman–Crippen LogP) is 4.66. The van der Waals surface area contributed by atoms with Crippen molar-refractivity contribution in [1.29, 1.82) is 0 Å². The Morgan fingerprint density at radius 1 is 1.22 bits per heavy atom. The van der Waals surface area contributed by atoms with Crippen molar-refractivity contribution < 1.29 is 19.4 Å². The number of carboxylic acid groups (broad SMARTS) is 1. The number of aliphatic carboxylic acids is 1. The molecule has 0 aliphatic carbocycles. The van der Waals surface area contributed by atoms with Gasteiger partial charge in [-0.2, -0.15) is 11.8 Å². The molecule has 1 fully saturated rings. The van der Waals surface area contributed by atoms with Crippen LogP contribution in [-0.2, 0) is 15.3 Å². The van der Waals surface area contributed by atoms with E-state index in [1.54, 1.807) is 16.7 Å². The third kappa shape index (κ3) is 7.83. The molecular weight excluding hydrogens is 362 g/mol. The maximum Gasteiger partial charge on any atom is 0.410 e. The third-order valence-electron chi connectivity index (χ3n) is 4.66. The number of piperidine rings is 1. The molecule has 6 heteroatoms. The average molecular weight is 394 g/mol. The van der Waals surface area contributed by atoms with Crippen molar-refractivity contribution in [2.45, 2.75) is 51.4 Å². The van der Waals surface area contributed by atoms with E-state index in [0.29, 0.717) is 31.2 Å². The highest BCUT2D eigenvalue weighted by atomic mass is 32.2. The summed E-state index contributed by atoms with van der Waals surface area (Å²) in [5, 5.41) is 9.57. The summed E-state index contributed by atoms with van der Waals surface area (Å²) < 4.78 is 5.42. The normalized spacial score (nSPS) is 16.8. The number of carbonyl (C=O) groups is 2. The van der Waals surface area contributed by atoms with Crippen LogP contribution in [0.1, 0.15) is 45.6 Å². The lowest BCUT2D eigenvalue weighted by Crippen LogP contribution is -2.42. The molecule has 1 unspecified atom stereocenters. The van der Waals surface area contributed by atoms with Crippen LogP contribution in [0.4, 0.5) is 4.79 Å². The second kappa shape index (κ2) is 10.0. The molecule has 150 valence electrons. The maximum atomic E-state index is 12.1. The van der Waals surface area contributed by atoms with Gasteiger partial charge in [-0.1, -0.05) is 30.3 Å². The van der Waals surface area contributed by atoms with Gasteiger partial charge in [0.1, 0.15) is 5.60 Å². The summed E-state index contributed by atoms with van der Waals surface area (Å²) in [5.74, 6) is 0.752. The van der Waals surface area contributed by atoms with E-state index >= 15 is 0 Å². The molecule has 1 aliphatic heterocycles. The van der Waals surface area contributed by atoms with Crippen molar-refractivity contribution in [3.05, 3.63) is 35.9 Å². The molecule has 0 radical (unpaired) electrons. The molecule has 1 aromatic rings. The fourth-order valence-electron chi connectivity index (χ4n) is 3.21. The molecule has 1 N–H and O–H groups in total. The molecule has 1 saturated heterocycles. The lowest BCUT2D eigenvalue weighted by Gasteiger charge is -2.34. The second-order valence-corrected chi connectivity index (χ2v) is 9.21. The van der Waals surface area contributed by atoms with Gasteiger partial charge < -0.3 is 14.7 Å². The first-order valence-electron chi connectivity index (χ1n) is 9.57. The molecule has 0 aromatic heterocycles. The smallest absolute Gasteiger partial charge is 0.410 e. The SMILES string of the molecule is CC(C)(C)OC(=O)N1CCC(CC(CSCc2ccccc2)C(=O)O)CC1. The number of nitrogens with zero attached hydrogens (tertiary/aromatic N) is 1. The van der Waals surface area contributed by atoms with Crippen molar-refractivity contribution in [3.8, 4) is 0 Å². The number of carboxylic acids is 1. The fraction of sp³-hybridized carbons (Fsp3) is 0.619. The van der Waals surface area contributed by atoms with Crippen LogP contribution in [0, 0.1) is 11.8 Å². The predicted molar refractivity (Wildman–Crippen MR) is 109 cm³/mol. The number of thioether (sulfide) groups is 1. The van der Waals surface area contributed by atoms with Gasteiger partial charge in [0.15, 0.2) is 0 Å². The maximum absolute atomic E-state index is 12.1. The molecule has 0 spiro atoms. The van der Waals surface area contributed by atoms with E-state index in [1.165, 1.54) is 5.56 Å². The number of ether oxygens (including phenoxy) is 1. The molecule has 2 rings (SSSR count). The zero-order chi connectivity index (χ0) is 19.9. The summed E-state index contributed by atoms with van der Waals surface area (Å²) in [6.45, 7) is 6.87. The second-order valence-electron chi connectivity index (χ2n) is 8.18. The Morgan fingerprint density at radius 3 is 2.41 bits per heavy atom. The zero-order valence-electron chi connectivity index (χ0n) is 16.5. The minimum Gasteiger partial charge on any atom is -0.481 e. The van der Waals surface area contributed by atoms with Crippen LogP contribution < -0.4 is 0 Å². The lowest BCUT2D eigenvalue weighted by atomic mass is 9.88. The van der Waals surface area contributed by atoms with E-state index in [4.69, 9.17) is 4.74 Å². The topological polar surface area (TPSA) is 66.8 Å². The highest BCUT2D eigenvalue weighted by molar-refractivity contribution is 7.98. The molecule has 1 atom stereocenters.